The Morgan fingerprint density at radius 1 is 1.04 bits per heavy atom. The molecule has 1 amide bonds. The highest BCUT2D eigenvalue weighted by Crippen LogP contribution is 2.48. The van der Waals surface area contributed by atoms with Gasteiger partial charge in [0, 0.05) is 37.2 Å². The monoisotopic (exact) mass is 704 g/mol. The van der Waals surface area contributed by atoms with Crippen molar-refractivity contribution in [2.75, 3.05) is 30.8 Å². The number of nitrogens with one attached hydrogen (secondary N) is 1. The van der Waals surface area contributed by atoms with Crippen molar-refractivity contribution < 1.29 is 36.1 Å². The smallest absolute Gasteiger partial charge is 0.455 e. The van der Waals surface area contributed by atoms with Crippen LogP contribution >= 0.6 is 0 Å². The molecule has 266 valence electrons. The average Bonchev–Trinajstić information content (AvgIpc) is 3.79. The average molecular weight is 705 g/mol. The van der Waals surface area contributed by atoms with Crippen LogP contribution < -0.4 is 9.62 Å². The summed E-state index contributed by atoms with van der Waals surface area (Å²) < 4.78 is 67.6. The van der Waals surface area contributed by atoms with E-state index in [9.17, 15) is 17.6 Å². The standard InChI is InChI=1S/C38H46BFN2O7S/c1-37(2)38(3,4)49-39(48-37)22-26(24-46-23-25-10-8-7-9-11-25)18-19-42(50(6,44)45)32-21-33-31(20-30(32)27-12-13-27)34(36(43)41-5)35(47-33)28-14-16-29(40)17-15-28/h7-11,14-17,20-21,26-27H,12-13,18-19,22-24H2,1-6H3,(H,41,43). The summed E-state index contributed by atoms with van der Waals surface area (Å²) in [5.74, 6) is -0.397. The molecule has 1 saturated carbocycles. The molecule has 12 heteroatoms. The molecule has 2 heterocycles. The third kappa shape index (κ3) is 7.78. The fourth-order valence-electron chi connectivity index (χ4n) is 6.53. The molecule has 3 aromatic carbocycles. The molecule has 2 fully saturated rings. The van der Waals surface area contributed by atoms with Crippen molar-refractivity contribution in [2.45, 2.75) is 77.0 Å². The van der Waals surface area contributed by atoms with Gasteiger partial charge in [0.15, 0.2) is 0 Å². The number of amides is 1. The summed E-state index contributed by atoms with van der Waals surface area (Å²) >= 11 is 0. The van der Waals surface area contributed by atoms with Crippen LogP contribution in [0.1, 0.15) is 74.4 Å². The van der Waals surface area contributed by atoms with Crippen LogP contribution in [0.4, 0.5) is 10.1 Å². The summed E-state index contributed by atoms with van der Waals surface area (Å²) in [4.78, 5) is 13.2. The Balaban J connectivity index is 1.33. The lowest BCUT2D eigenvalue weighted by Gasteiger charge is -2.32. The number of anilines is 1. The second-order valence-electron chi connectivity index (χ2n) is 14.5. The topological polar surface area (TPSA) is 107 Å². The van der Waals surface area contributed by atoms with Gasteiger partial charge in [-0.1, -0.05) is 30.3 Å². The number of sulfonamides is 1. The first kappa shape index (κ1) is 36.1. The highest BCUT2D eigenvalue weighted by atomic mass is 32.2. The highest BCUT2D eigenvalue weighted by molar-refractivity contribution is 7.92. The summed E-state index contributed by atoms with van der Waals surface area (Å²) in [6.45, 7) is 9.07. The van der Waals surface area contributed by atoms with Crippen molar-refractivity contribution in [3.8, 4) is 11.3 Å². The maximum atomic E-state index is 13.8. The van der Waals surface area contributed by atoms with Gasteiger partial charge in [-0.25, -0.2) is 12.8 Å². The molecule has 1 N–H and O–H groups in total. The van der Waals surface area contributed by atoms with Crippen LogP contribution in [0.5, 0.6) is 0 Å². The Morgan fingerprint density at radius 3 is 2.30 bits per heavy atom. The summed E-state index contributed by atoms with van der Waals surface area (Å²) in [5, 5.41) is 3.27. The molecule has 6 rings (SSSR count). The van der Waals surface area contributed by atoms with Crippen LogP contribution in [0.25, 0.3) is 22.3 Å². The molecule has 1 unspecified atom stereocenters. The molecular weight excluding hydrogens is 658 g/mol. The summed E-state index contributed by atoms with van der Waals surface area (Å²) in [7, 11) is -2.68. The van der Waals surface area contributed by atoms with E-state index in [1.54, 1.807) is 25.2 Å². The van der Waals surface area contributed by atoms with Gasteiger partial charge in [0.05, 0.1) is 35.3 Å². The van der Waals surface area contributed by atoms with Crippen LogP contribution in [-0.4, -0.2) is 59.1 Å². The molecule has 1 aliphatic carbocycles. The Kier molecular flexibility index (Phi) is 10.2. The van der Waals surface area contributed by atoms with Gasteiger partial charge >= 0.3 is 7.12 Å². The molecule has 2 aliphatic rings. The van der Waals surface area contributed by atoms with Crippen LogP contribution in [0.15, 0.2) is 71.1 Å². The van der Waals surface area contributed by atoms with Gasteiger partial charge < -0.3 is 23.8 Å². The minimum Gasteiger partial charge on any atom is -0.455 e. The molecule has 0 spiro atoms. The number of hydrogen-bond donors (Lipinski definition) is 1. The zero-order valence-electron chi connectivity index (χ0n) is 29.6. The molecule has 1 aliphatic heterocycles. The fourth-order valence-corrected chi connectivity index (χ4v) is 7.48. The SMILES string of the molecule is CNC(=O)c1c(-c2ccc(F)cc2)oc2cc(N(CCC(COCc3ccccc3)CB3OC(C)(C)C(C)(C)O3)S(C)(=O)=O)c(C3CC3)cc12. The van der Waals surface area contributed by atoms with Crippen molar-refractivity contribution in [3.63, 3.8) is 0 Å². The summed E-state index contributed by atoms with van der Waals surface area (Å²) in [6.07, 6.45) is 4.04. The van der Waals surface area contributed by atoms with E-state index in [2.05, 4.69) is 5.32 Å². The van der Waals surface area contributed by atoms with E-state index in [-0.39, 0.29) is 24.3 Å². The predicted molar refractivity (Wildman–Crippen MR) is 194 cm³/mol. The first-order valence-electron chi connectivity index (χ1n) is 17.2. The van der Waals surface area contributed by atoms with E-state index in [1.165, 1.54) is 22.7 Å². The maximum Gasteiger partial charge on any atom is 0.458 e. The van der Waals surface area contributed by atoms with Crippen molar-refractivity contribution in [3.05, 3.63) is 89.2 Å². The molecule has 9 nitrogen and oxygen atoms in total. The van der Waals surface area contributed by atoms with Gasteiger partial charge in [-0.3, -0.25) is 9.10 Å². The molecule has 1 saturated heterocycles. The van der Waals surface area contributed by atoms with Gasteiger partial charge in [0.1, 0.15) is 17.2 Å². The Labute approximate surface area is 294 Å². The summed E-state index contributed by atoms with van der Waals surface area (Å²) in [6, 6.07) is 19.3. The van der Waals surface area contributed by atoms with Crippen molar-refractivity contribution >= 4 is 39.7 Å². The lowest BCUT2D eigenvalue weighted by atomic mass is 9.76. The molecule has 1 atom stereocenters. The number of nitrogens with zero attached hydrogens (tertiary/aromatic N) is 1. The van der Waals surface area contributed by atoms with E-state index in [0.29, 0.717) is 59.5 Å². The number of rotatable bonds is 14. The third-order valence-corrected chi connectivity index (χ3v) is 11.3. The van der Waals surface area contributed by atoms with E-state index >= 15 is 0 Å². The largest absolute Gasteiger partial charge is 0.458 e. The van der Waals surface area contributed by atoms with Crippen molar-refractivity contribution in [1.29, 1.82) is 0 Å². The third-order valence-electron chi connectivity index (χ3n) is 10.1. The number of ether oxygens (including phenoxy) is 1. The molecule has 0 bridgehead atoms. The van der Waals surface area contributed by atoms with E-state index < -0.39 is 34.2 Å². The number of hydrogen-bond acceptors (Lipinski definition) is 7. The number of carbonyl (C=O) groups is 1. The van der Waals surface area contributed by atoms with Crippen LogP contribution in [0.2, 0.25) is 6.32 Å². The van der Waals surface area contributed by atoms with Crippen molar-refractivity contribution in [2.24, 2.45) is 5.92 Å². The molecular formula is C38H46BFN2O7S. The van der Waals surface area contributed by atoms with Crippen LogP contribution in [0.3, 0.4) is 0 Å². The number of furan rings is 1. The van der Waals surface area contributed by atoms with Crippen molar-refractivity contribution in [1.82, 2.24) is 5.32 Å². The summed E-state index contributed by atoms with van der Waals surface area (Å²) in [5.41, 5.74) is 2.68. The van der Waals surface area contributed by atoms with Gasteiger partial charge in [0.2, 0.25) is 10.0 Å². The lowest BCUT2D eigenvalue weighted by molar-refractivity contribution is 0.00578. The zero-order chi connectivity index (χ0) is 35.8. The number of benzene rings is 3. The number of halogens is 1. The van der Waals surface area contributed by atoms with E-state index in [0.717, 1.165) is 24.0 Å². The number of carbonyl (C=O) groups excluding carboxylic acids is 1. The van der Waals surface area contributed by atoms with Crippen LogP contribution in [0, 0.1) is 11.7 Å². The molecule has 0 radical (unpaired) electrons. The minimum atomic E-state index is -3.75. The first-order valence-corrected chi connectivity index (χ1v) is 19.0. The van der Waals surface area contributed by atoms with Gasteiger partial charge in [0.25, 0.3) is 5.91 Å². The molecule has 4 aromatic rings. The van der Waals surface area contributed by atoms with E-state index in [4.69, 9.17) is 18.5 Å². The van der Waals surface area contributed by atoms with E-state index in [1.807, 2.05) is 64.1 Å². The fraction of sp³-hybridized carbons (Fsp3) is 0.447. The highest BCUT2D eigenvalue weighted by Gasteiger charge is 2.51. The number of fused-ring (bicyclic) bond motifs is 1. The molecule has 1 aromatic heterocycles. The van der Waals surface area contributed by atoms with Gasteiger partial charge in [-0.2, -0.15) is 0 Å². The minimum absolute atomic E-state index is 0.0840. The Hall–Kier alpha value is -3.71. The second kappa shape index (κ2) is 14.1. The van der Waals surface area contributed by atoms with Gasteiger partial charge in [-0.15, -0.1) is 0 Å². The lowest BCUT2D eigenvalue weighted by Crippen LogP contribution is -2.41. The predicted octanol–water partition coefficient (Wildman–Crippen LogP) is 7.56. The Bertz CT molecular complexity index is 1930. The van der Waals surface area contributed by atoms with Gasteiger partial charge in [-0.05, 0) is 107 Å². The quantitative estimate of drug-likeness (QED) is 0.135. The second-order valence-corrected chi connectivity index (χ2v) is 16.4. The zero-order valence-corrected chi connectivity index (χ0v) is 30.4. The Morgan fingerprint density at radius 2 is 1.70 bits per heavy atom. The first-order chi connectivity index (χ1) is 23.7. The van der Waals surface area contributed by atoms with Crippen LogP contribution in [-0.2, 0) is 30.7 Å². The normalized spacial score (nSPS) is 17.6. The molecule has 50 heavy (non-hydrogen) atoms. The maximum absolute atomic E-state index is 13.8.